The van der Waals surface area contributed by atoms with Gasteiger partial charge < -0.3 is 20.0 Å². The van der Waals surface area contributed by atoms with Crippen molar-refractivity contribution in [1.82, 2.24) is 9.97 Å². The number of rotatable bonds is 4. The number of aromatic amines is 2. The number of nitrogens with one attached hydrogen (secondary N) is 3. The minimum absolute atomic E-state index is 0.00809. The fourth-order valence-corrected chi connectivity index (χ4v) is 2.50. The van der Waals surface area contributed by atoms with E-state index in [0.29, 0.717) is 21.2 Å². The highest BCUT2D eigenvalue weighted by atomic mass is 79.9. The van der Waals surface area contributed by atoms with E-state index < -0.39 is 17.8 Å². The van der Waals surface area contributed by atoms with Gasteiger partial charge in [0.1, 0.15) is 0 Å². The number of halogens is 2. The first-order valence-electron chi connectivity index (χ1n) is 7.07. The van der Waals surface area contributed by atoms with Gasteiger partial charge in [-0.15, -0.1) is 0 Å². The molecule has 0 saturated heterocycles. The minimum atomic E-state index is -0.901. The number of anilines is 1. The number of ether oxygens (including phenoxy) is 1. The first-order chi connectivity index (χ1) is 11.4. The molecule has 24 heavy (non-hydrogen) atoms. The number of fused-ring (bicyclic) bond motifs is 1. The number of hydrogen-bond acceptors (Lipinski definition) is 3. The normalized spacial score (nSPS) is 12.1. The molecular formula is C16H13BrFN3O3. The van der Waals surface area contributed by atoms with Gasteiger partial charge in [0.25, 0.3) is 5.91 Å². The van der Waals surface area contributed by atoms with Crippen molar-refractivity contribution in [2.24, 2.45) is 0 Å². The number of H-pyrrole nitrogens is 2. The van der Waals surface area contributed by atoms with Gasteiger partial charge in [0.05, 0.1) is 11.0 Å². The van der Waals surface area contributed by atoms with Crippen molar-refractivity contribution in [1.29, 1.82) is 0 Å². The fraction of sp³-hybridized carbons (Fsp3) is 0.125. The van der Waals surface area contributed by atoms with Crippen LogP contribution in [0.25, 0.3) is 11.0 Å². The molecule has 0 saturated carbocycles. The van der Waals surface area contributed by atoms with Crippen LogP contribution in [0.15, 0.2) is 45.7 Å². The van der Waals surface area contributed by atoms with E-state index in [4.69, 9.17) is 4.74 Å². The van der Waals surface area contributed by atoms with Crippen molar-refractivity contribution < 1.29 is 13.9 Å². The Hall–Kier alpha value is -2.61. The zero-order chi connectivity index (χ0) is 17.3. The molecule has 0 fully saturated rings. The largest absolute Gasteiger partial charge is 0.478 e. The molecule has 0 spiro atoms. The van der Waals surface area contributed by atoms with Crippen LogP contribution in [0.3, 0.4) is 0 Å². The monoisotopic (exact) mass is 393 g/mol. The van der Waals surface area contributed by atoms with E-state index in [-0.39, 0.29) is 11.4 Å². The molecule has 0 aliphatic carbocycles. The number of hydrogen-bond donors (Lipinski definition) is 3. The molecule has 0 unspecified atom stereocenters. The molecule has 1 aromatic heterocycles. The molecule has 0 aliphatic heterocycles. The summed E-state index contributed by atoms with van der Waals surface area (Å²) in [5, 5.41) is 2.66. The molecule has 1 atom stereocenters. The fourth-order valence-electron chi connectivity index (χ4n) is 2.17. The molecule has 1 amide bonds. The summed E-state index contributed by atoms with van der Waals surface area (Å²) >= 11 is 3.15. The lowest BCUT2D eigenvalue weighted by Gasteiger charge is -2.15. The van der Waals surface area contributed by atoms with Crippen LogP contribution >= 0.6 is 15.9 Å². The van der Waals surface area contributed by atoms with Crippen molar-refractivity contribution in [2.75, 3.05) is 5.32 Å². The summed E-state index contributed by atoms with van der Waals surface area (Å²) in [6, 6.07) is 9.27. The lowest BCUT2D eigenvalue weighted by Crippen LogP contribution is -2.30. The van der Waals surface area contributed by atoms with Gasteiger partial charge in [0.15, 0.2) is 17.7 Å². The Bertz CT molecular complexity index is 967. The summed E-state index contributed by atoms with van der Waals surface area (Å²) in [6.07, 6.45) is -0.901. The van der Waals surface area contributed by atoms with Crippen LogP contribution in [-0.4, -0.2) is 22.0 Å². The zero-order valence-corrected chi connectivity index (χ0v) is 14.1. The Balaban J connectivity index is 1.71. The van der Waals surface area contributed by atoms with Gasteiger partial charge in [-0.1, -0.05) is 15.9 Å². The van der Waals surface area contributed by atoms with E-state index in [0.717, 1.165) is 0 Å². The SMILES string of the molecule is C[C@@H](Oc1ccc(Br)cc1F)C(=O)Nc1ccc2[nH]c(=O)[nH]c2c1. The summed E-state index contributed by atoms with van der Waals surface area (Å²) in [7, 11) is 0. The molecule has 3 N–H and O–H groups in total. The Kier molecular flexibility index (Phi) is 4.39. The van der Waals surface area contributed by atoms with Crippen molar-refractivity contribution in [3.8, 4) is 5.75 Å². The number of aromatic nitrogens is 2. The third-order valence-corrected chi connectivity index (χ3v) is 3.84. The van der Waals surface area contributed by atoms with Gasteiger partial charge in [0.2, 0.25) is 0 Å². The zero-order valence-electron chi connectivity index (χ0n) is 12.5. The number of amides is 1. The Morgan fingerprint density at radius 1 is 1.21 bits per heavy atom. The van der Waals surface area contributed by atoms with E-state index in [1.165, 1.54) is 19.1 Å². The molecule has 1 heterocycles. The van der Waals surface area contributed by atoms with E-state index in [9.17, 15) is 14.0 Å². The van der Waals surface area contributed by atoms with Crippen LogP contribution < -0.4 is 15.7 Å². The first-order valence-corrected chi connectivity index (χ1v) is 7.86. The molecule has 124 valence electrons. The van der Waals surface area contributed by atoms with Gasteiger partial charge in [-0.2, -0.15) is 0 Å². The second-order valence-electron chi connectivity index (χ2n) is 5.16. The third-order valence-electron chi connectivity index (χ3n) is 3.35. The van der Waals surface area contributed by atoms with Crippen LogP contribution in [0, 0.1) is 5.82 Å². The van der Waals surface area contributed by atoms with Gasteiger partial charge in [0, 0.05) is 10.2 Å². The van der Waals surface area contributed by atoms with Crippen molar-refractivity contribution in [2.45, 2.75) is 13.0 Å². The predicted molar refractivity (Wildman–Crippen MR) is 91.7 cm³/mol. The predicted octanol–water partition coefficient (Wildman–Crippen LogP) is 3.16. The average molecular weight is 394 g/mol. The molecule has 0 aliphatic rings. The lowest BCUT2D eigenvalue weighted by atomic mass is 10.2. The highest BCUT2D eigenvalue weighted by Crippen LogP contribution is 2.23. The summed E-state index contributed by atoms with van der Waals surface area (Å²) in [5.74, 6) is -1.00. The molecule has 6 nitrogen and oxygen atoms in total. The summed E-state index contributed by atoms with van der Waals surface area (Å²) in [4.78, 5) is 28.6. The van der Waals surface area contributed by atoms with E-state index in [2.05, 4.69) is 31.2 Å². The quantitative estimate of drug-likeness (QED) is 0.636. The first kappa shape index (κ1) is 16.3. The molecule has 3 aromatic rings. The highest BCUT2D eigenvalue weighted by Gasteiger charge is 2.17. The molecule has 2 aromatic carbocycles. The Morgan fingerprint density at radius 3 is 2.71 bits per heavy atom. The van der Waals surface area contributed by atoms with Crippen molar-refractivity contribution in [3.05, 3.63) is 57.2 Å². The smallest absolute Gasteiger partial charge is 0.323 e. The number of carbonyl (C=O) groups is 1. The maximum atomic E-state index is 13.8. The van der Waals surface area contributed by atoms with Crippen molar-refractivity contribution in [3.63, 3.8) is 0 Å². The summed E-state index contributed by atoms with van der Waals surface area (Å²) in [6.45, 7) is 1.52. The van der Waals surface area contributed by atoms with Crippen LogP contribution in [0.4, 0.5) is 10.1 Å². The molecule has 0 radical (unpaired) electrons. The van der Waals surface area contributed by atoms with Crippen LogP contribution in [0.2, 0.25) is 0 Å². The Morgan fingerprint density at radius 2 is 1.96 bits per heavy atom. The number of benzene rings is 2. The maximum Gasteiger partial charge on any atom is 0.323 e. The van der Waals surface area contributed by atoms with E-state index in [1.54, 1.807) is 24.3 Å². The summed E-state index contributed by atoms with van der Waals surface area (Å²) < 4.78 is 19.7. The highest BCUT2D eigenvalue weighted by molar-refractivity contribution is 9.10. The standard InChI is InChI=1S/C16H13BrFN3O3/c1-8(24-14-5-2-9(17)6-11(14)18)15(22)19-10-3-4-12-13(7-10)21-16(23)20-12/h2-8H,1H3,(H,19,22)(H2,20,21,23)/t8-/m1/s1. The van der Waals surface area contributed by atoms with Crippen LogP contribution in [0.1, 0.15) is 6.92 Å². The van der Waals surface area contributed by atoms with Crippen LogP contribution in [-0.2, 0) is 4.79 Å². The topological polar surface area (TPSA) is 87.0 Å². The molecular weight excluding hydrogens is 381 g/mol. The van der Waals surface area contributed by atoms with E-state index in [1.807, 2.05) is 0 Å². The van der Waals surface area contributed by atoms with Gasteiger partial charge >= 0.3 is 5.69 Å². The summed E-state index contributed by atoms with van der Waals surface area (Å²) in [5.41, 5.74) is 1.38. The average Bonchev–Trinajstić information content (AvgIpc) is 2.89. The lowest BCUT2D eigenvalue weighted by molar-refractivity contribution is -0.122. The third kappa shape index (κ3) is 3.48. The molecule has 0 bridgehead atoms. The van der Waals surface area contributed by atoms with E-state index >= 15 is 0 Å². The van der Waals surface area contributed by atoms with Crippen LogP contribution in [0.5, 0.6) is 5.75 Å². The molecule has 8 heteroatoms. The minimum Gasteiger partial charge on any atom is -0.478 e. The van der Waals surface area contributed by atoms with Gasteiger partial charge in [-0.05, 0) is 43.3 Å². The number of carbonyl (C=O) groups excluding carboxylic acids is 1. The molecule has 3 rings (SSSR count). The number of imidazole rings is 1. The maximum absolute atomic E-state index is 13.8. The Labute approximate surface area is 144 Å². The van der Waals surface area contributed by atoms with Gasteiger partial charge in [-0.25, -0.2) is 9.18 Å². The van der Waals surface area contributed by atoms with Gasteiger partial charge in [-0.3, -0.25) is 4.79 Å². The van der Waals surface area contributed by atoms with Crippen molar-refractivity contribution >= 4 is 38.6 Å². The second kappa shape index (κ2) is 6.48. The second-order valence-corrected chi connectivity index (χ2v) is 6.08.